The number of rotatable bonds is 1. The minimum Gasteiger partial charge on any atom is -0.367 e. The molecule has 18 heavy (non-hydrogen) atoms. The standard InChI is InChI=1S/C15H19ClN2/c1-10-6-11(2)12(3)18(9-10)15-5-4-13(8-17)7-14(15)16/h4-5,7,10-12H,6,9H2,1-3H3. The Balaban J connectivity index is 2.33. The van der Waals surface area contributed by atoms with Crippen LogP contribution in [0.5, 0.6) is 0 Å². The molecule has 96 valence electrons. The maximum Gasteiger partial charge on any atom is 0.0992 e. The molecular formula is C15H19ClN2. The van der Waals surface area contributed by atoms with Crippen molar-refractivity contribution in [2.75, 3.05) is 11.4 Å². The predicted molar refractivity (Wildman–Crippen MR) is 75.9 cm³/mol. The van der Waals surface area contributed by atoms with Crippen molar-refractivity contribution < 1.29 is 0 Å². The van der Waals surface area contributed by atoms with Crippen molar-refractivity contribution in [2.45, 2.75) is 33.2 Å². The van der Waals surface area contributed by atoms with Gasteiger partial charge in [-0.1, -0.05) is 25.4 Å². The predicted octanol–water partition coefficient (Wildman–Crippen LogP) is 4.08. The van der Waals surface area contributed by atoms with Crippen LogP contribution in [0.2, 0.25) is 5.02 Å². The van der Waals surface area contributed by atoms with Crippen LogP contribution in [0.1, 0.15) is 32.8 Å². The summed E-state index contributed by atoms with van der Waals surface area (Å²) in [6.07, 6.45) is 1.27. The lowest BCUT2D eigenvalue weighted by Crippen LogP contribution is -2.46. The largest absolute Gasteiger partial charge is 0.367 e. The molecule has 0 aliphatic carbocycles. The molecule has 1 heterocycles. The second-order valence-corrected chi connectivity index (χ2v) is 5.90. The number of nitrogens with zero attached hydrogens (tertiary/aromatic N) is 2. The zero-order valence-electron chi connectivity index (χ0n) is 11.2. The van der Waals surface area contributed by atoms with Crippen molar-refractivity contribution in [2.24, 2.45) is 11.8 Å². The van der Waals surface area contributed by atoms with Crippen molar-refractivity contribution in [3.05, 3.63) is 28.8 Å². The molecule has 3 atom stereocenters. The molecular weight excluding hydrogens is 244 g/mol. The number of hydrogen-bond donors (Lipinski definition) is 0. The number of halogens is 1. The van der Waals surface area contributed by atoms with Crippen LogP contribution in [0.15, 0.2) is 18.2 Å². The lowest BCUT2D eigenvalue weighted by molar-refractivity contribution is 0.297. The van der Waals surface area contributed by atoms with Crippen LogP contribution in [-0.4, -0.2) is 12.6 Å². The summed E-state index contributed by atoms with van der Waals surface area (Å²) in [5.74, 6) is 1.35. The fourth-order valence-electron chi connectivity index (χ4n) is 2.84. The summed E-state index contributed by atoms with van der Waals surface area (Å²) in [5.41, 5.74) is 1.68. The summed E-state index contributed by atoms with van der Waals surface area (Å²) < 4.78 is 0. The highest BCUT2D eigenvalue weighted by molar-refractivity contribution is 6.33. The monoisotopic (exact) mass is 262 g/mol. The SMILES string of the molecule is CC1CC(C)C(C)N(c2ccc(C#N)cc2Cl)C1. The highest BCUT2D eigenvalue weighted by atomic mass is 35.5. The average Bonchev–Trinajstić information content (AvgIpc) is 2.34. The van der Waals surface area contributed by atoms with Gasteiger partial charge in [0.15, 0.2) is 0 Å². The van der Waals surface area contributed by atoms with Gasteiger partial charge in [-0.05, 0) is 43.4 Å². The zero-order valence-corrected chi connectivity index (χ0v) is 11.9. The van der Waals surface area contributed by atoms with Gasteiger partial charge in [0.05, 0.1) is 22.3 Å². The van der Waals surface area contributed by atoms with E-state index in [4.69, 9.17) is 16.9 Å². The summed E-state index contributed by atoms with van der Waals surface area (Å²) >= 11 is 6.31. The highest BCUT2D eigenvalue weighted by Crippen LogP contribution is 2.35. The first kappa shape index (κ1) is 13.2. The Bertz CT molecular complexity index is 478. The lowest BCUT2D eigenvalue weighted by Gasteiger charge is -2.43. The molecule has 1 aromatic carbocycles. The topological polar surface area (TPSA) is 27.0 Å². The third-order valence-electron chi connectivity index (χ3n) is 3.98. The summed E-state index contributed by atoms with van der Waals surface area (Å²) in [4.78, 5) is 2.38. The number of nitriles is 1. The zero-order chi connectivity index (χ0) is 13.3. The quantitative estimate of drug-likeness (QED) is 0.762. The number of benzene rings is 1. The number of piperidine rings is 1. The fourth-order valence-corrected chi connectivity index (χ4v) is 3.13. The Morgan fingerprint density at radius 2 is 2.06 bits per heavy atom. The van der Waals surface area contributed by atoms with Gasteiger partial charge in [0, 0.05) is 12.6 Å². The van der Waals surface area contributed by atoms with E-state index in [0.717, 1.165) is 12.2 Å². The van der Waals surface area contributed by atoms with Crippen LogP contribution in [0.3, 0.4) is 0 Å². The average molecular weight is 263 g/mol. The molecule has 2 nitrogen and oxygen atoms in total. The van der Waals surface area contributed by atoms with Crippen LogP contribution in [0.25, 0.3) is 0 Å². The van der Waals surface area contributed by atoms with Gasteiger partial charge in [-0.3, -0.25) is 0 Å². The lowest BCUT2D eigenvalue weighted by atomic mass is 9.85. The Morgan fingerprint density at radius 3 is 2.67 bits per heavy atom. The van der Waals surface area contributed by atoms with E-state index >= 15 is 0 Å². The molecule has 1 fully saturated rings. The molecule has 1 aromatic rings. The second kappa shape index (κ2) is 5.20. The minimum absolute atomic E-state index is 0.492. The Hall–Kier alpha value is -1.20. The Morgan fingerprint density at radius 1 is 1.33 bits per heavy atom. The van der Waals surface area contributed by atoms with Gasteiger partial charge in [0.2, 0.25) is 0 Å². The van der Waals surface area contributed by atoms with Crippen LogP contribution in [0, 0.1) is 23.2 Å². The Labute approximate surface area is 114 Å². The molecule has 1 saturated heterocycles. The molecule has 0 N–H and O–H groups in total. The van der Waals surface area contributed by atoms with E-state index in [1.165, 1.54) is 6.42 Å². The molecule has 0 bridgehead atoms. The minimum atomic E-state index is 0.492. The van der Waals surface area contributed by atoms with Gasteiger partial charge < -0.3 is 4.90 Å². The summed E-state index contributed by atoms with van der Waals surface area (Å²) in [6, 6.07) is 8.19. The van der Waals surface area contributed by atoms with Crippen molar-refractivity contribution >= 4 is 17.3 Å². The third-order valence-corrected chi connectivity index (χ3v) is 4.29. The molecule has 0 saturated carbocycles. The van der Waals surface area contributed by atoms with E-state index in [0.29, 0.717) is 28.5 Å². The van der Waals surface area contributed by atoms with E-state index in [2.05, 4.69) is 31.7 Å². The van der Waals surface area contributed by atoms with Gasteiger partial charge in [-0.15, -0.1) is 0 Å². The molecule has 1 aliphatic heterocycles. The van der Waals surface area contributed by atoms with E-state index < -0.39 is 0 Å². The summed E-state index contributed by atoms with van der Waals surface area (Å²) in [7, 11) is 0. The Kier molecular flexibility index (Phi) is 3.82. The fraction of sp³-hybridized carbons (Fsp3) is 0.533. The van der Waals surface area contributed by atoms with Crippen molar-refractivity contribution in [1.82, 2.24) is 0 Å². The van der Waals surface area contributed by atoms with E-state index in [1.54, 1.807) is 6.07 Å². The van der Waals surface area contributed by atoms with Gasteiger partial charge in [-0.25, -0.2) is 0 Å². The maximum absolute atomic E-state index is 8.88. The first-order valence-electron chi connectivity index (χ1n) is 6.49. The first-order chi connectivity index (χ1) is 8.52. The number of hydrogen-bond acceptors (Lipinski definition) is 2. The van der Waals surface area contributed by atoms with Crippen molar-refractivity contribution in [1.29, 1.82) is 5.26 Å². The van der Waals surface area contributed by atoms with E-state index in [1.807, 2.05) is 12.1 Å². The van der Waals surface area contributed by atoms with Crippen molar-refractivity contribution in [3.8, 4) is 6.07 Å². The summed E-state index contributed by atoms with van der Waals surface area (Å²) in [6.45, 7) is 7.88. The van der Waals surface area contributed by atoms with Crippen LogP contribution in [0.4, 0.5) is 5.69 Å². The number of anilines is 1. The normalized spacial score (nSPS) is 27.9. The third kappa shape index (κ3) is 2.47. The smallest absolute Gasteiger partial charge is 0.0992 e. The van der Waals surface area contributed by atoms with Crippen LogP contribution < -0.4 is 4.90 Å². The van der Waals surface area contributed by atoms with Gasteiger partial charge >= 0.3 is 0 Å². The molecule has 0 amide bonds. The molecule has 0 spiro atoms. The van der Waals surface area contributed by atoms with Crippen LogP contribution in [-0.2, 0) is 0 Å². The molecule has 3 unspecified atom stereocenters. The van der Waals surface area contributed by atoms with Crippen molar-refractivity contribution in [3.63, 3.8) is 0 Å². The second-order valence-electron chi connectivity index (χ2n) is 5.49. The van der Waals surface area contributed by atoms with Crippen LogP contribution >= 0.6 is 11.6 Å². The molecule has 2 rings (SSSR count). The summed E-state index contributed by atoms with van der Waals surface area (Å²) in [5, 5.41) is 9.56. The van der Waals surface area contributed by atoms with Gasteiger partial charge in [-0.2, -0.15) is 5.26 Å². The maximum atomic E-state index is 8.88. The van der Waals surface area contributed by atoms with Gasteiger partial charge in [0.1, 0.15) is 0 Å². The van der Waals surface area contributed by atoms with Gasteiger partial charge in [0.25, 0.3) is 0 Å². The molecule has 3 heteroatoms. The first-order valence-corrected chi connectivity index (χ1v) is 6.87. The van der Waals surface area contributed by atoms with E-state index in [9.17, 15) is 0 Å². The molecule has 0 aromatic heterocycles. The molecule has 1 aliphatic rings. The highest BCUT2D eigenvalue weighted by Gasteiger charge is 2.29. The molecule has 0 radical (unpaired) electrons. The van der Waals surface area contributed by atoms with E-state index in [-0.39, 0.29) is 0 Å².